The molecule has 1 heterocycles. The fraction of sp³-hybridized carbons (Fsp3) is 0. The van der Waals surface area contributed by atoms with Crippen molar-refractivity contribution in [2.24, 2.45) is 0 Å². The first-order chi connectivity index (χ1) is 13.0. The third kappa shape index (κ3) is 4.71. The second-order valence-electron chi connectivity index (χ2n) is 5.46. The first kappa shape index (κ1) is 18.2. The van der Waals surface area contributed by atoms with Crippen molar-refractivity contribution in [1.29, 1.82) is 0 Å². The lowest BCUT2D eigenvalue weighted by Gasteiger charge is -2.11. The van der Waals surface area contributed by atoms with E-state index in [0.29, 0.717) is 5.76 Å². The predicted octanol–water partition coefficient (Wildman–Crippen LogP) is 2.49. The maximum absolute atomic E-state index is 12.2. The number of hydrogen-bond acceptors (Lipinski definition) is 5. The molecule has 0 unspecified atom stereocenters. The fourth-order valence-corrected chi connectivity index (χ4v) is 2.47. The third-order valence-corrected chi connectivity index (χ3v) is 3.78. The molecule has 0 radical (unpaired) electrons. The van der Waals surface area contributed by atoms with Crippen LogP contribution in [0.2, 0.25) is 0 Å². The molecule has 0 bridgehead atoms. The first-order valence-corrected chi connectivity index (χ1v) is 8.28. The van der Waals surface area contributed by atoms with Gasteiger partial charge in [0.05, 0.1) is 11.8 Å². The Morgan fingerprint density at radius 3 is 2.48 bits per heavy atom. The van der Waals surface area contributed by atoms with Crippen LogP contribution in [0.25, 0.3) is 16.8 Å². The van der Waals surface area contributed by atoms with Crippen LogP contribution < -0.4 is 16.2 Å². The number of carbonyl (C=O) groups excluding carboxylic acids is 2. The predicted molar refractivity (Wildman–Crippen MR) is 105 cm³/mol. The van der Waals surface area contributed by atoms with Gasteiger partial charge in [-0.25, -0.2) is 0 Å². The highest BCUT2D eigenvalue weighted by molar-refractivity contribution is 7.80. The minimum atomic E-state index is -0.596. The lowest BCUT2D eigenvalue weighted by molar-refractivity contribution is -0.115. The van der Waals surface area contributed by atoms with Crippen molar-refractivity contribution in [2.75, 3.05) is 0 Å². The van der Waals surface area contributed by atoms with Crippen molar-refractivity contribution < 1.29 is 19.1 Å². The summed E-state index contributed by atoms with van der Waals surface area (Å²) in [5.74, 6) is -0.735. The van der Waals surface area contributed by atoms with E-state index in [4.69, 9.17) is 16.6 Å². The molecule has 2 aromatic carbocycles. The molecular formula is C19H15N3O4S. The highest BCUT2D eigenvalue weighted by atomic mass is 32.1. The van der Waals surface area contributed by atoms with Crippen LogP contribution in [0.3, 0.4) is 0 Å². The number of amides is 2. The second-order valence-corrected chi connectivity index (χ2v) is 5.87. The van der Waals surface area contributed by atoms with Gasteiger partial charge in [0, 0.05) is 6.08 Å². The number of thiocarbonyl (C=S) groups is 1. The smallest absolute Gasteiger partial charge is 0.273 e. The number of aromatic hydroxyl groups is 1. The van der Waals surface area contributed by atoms with Crippen molar-refractivity contribution >= 4 is 46.0 Å². The van der Waals surface area contributed by atoms with E-state index in [1.807, 2.05) is 24.3 Å². The molecule has 0 fully saturated rings. The Balaban J connectivity index is 1.56. The minimum absolute atomic E-state index is 0.0769. The second kappa shape index (κ2) is 8.15. The van der Waals surface area contributed by atoms with Gasteiger partial charge in [-0.1, -0.05) is 24.3 Å². The zero-order valence-electron chi connectivity index (χ0n) is 13.9. The van der Waals surface area contributed by atoms with E-state index in [1.54, 1.807) is 18.2 Å². The van der Waals surface area contributed by atoms with Crippen LogP contribution >= 0.6 is 12.2 Å². The van der Waals surface area contributed by atoms with Gasteiger partial charge < -0.3 is 9.52 Å². The van der Waals surface area contributed by atoms with Gasteiger partial charge in [0.15, 0.2) is 5.11 Å². The van der Waals surface area contributed by atoms with Crippen LogP contribution in [0.15, 0.2) is 65.3 Å². The number of phenols is 1. The van der Waals surface area contributed by atoms with Gasteiger partial charge in [0.1, 0.15) is 11.5 Å². The Labute approximate surface area is 159 Å². The molecule has 0 aliphatic heterocycles. The number of hydrazine groups is 1. The maximum Gasteiger partial charge on any atom is 0.273 e. The summed E-state index contributed by atoms with van der Waals surface area (Å²) in [7, 11) is 0. The summed E-state index contributed by atoms with van der Waals surface area (Å²) < 4.78 is 5.06. The van der Waals surface area contributed by atoms with E-state index in [2.05, 4.69) is 16.2 Å². The van der Waals surface area contributed by atoms with Crippen LogP contribution in [0.1, 0.15) is 16.1 Å². The van der Waals surface area contributed by atoms with Crippen LogP contribution in [0, 0.1) is 0 Å². The van der Waals surface area contributed by atoms with Gasteiger partial charge in [-0.2, -0.15) is 0 Å². The molecule has 27 heavy (non-hydrogen) atoms. The molecule has 0 spiro atoms. The highest BCUT2D eigenvalue weighted by Crippen LogP contribution is 2.24. The Bertz CT molecular complexity index is 1030. The molecule has 0 saturated carbocycles. The van der Waals surface area contributed by atoms with E-state index in [-0.39, 0.29) is 16.4 Å². The van der Waals surface area contributed by atoms with Gasteiger partial charge in [-0.3, -0.25) is 25.8 Å². The van der Waals surface area contributed by atoms with Gasteiger partial charge in [-0.05, 0) is 53.3 Å². The molecule has 0 aliphatic carbocycles. The van der Waals surface area contributed by atoms with Gasteiger partial charge in [-0.15, -0.1) is 0 Å². The average Bonchev–Trinajstić information content (AvgIpc) is 3.17. The quantitative estimate of drug-likeness (QED) is 0.316. The number of carbonyl (C=O) groups is 2. The number of nitrogens with one attached hydrogen (secondary N) is 3. The fourth-order valence-electron chi connectivity index (χ4n) is 2.32. The molecule has 2 amide bonds. The molecule has 0 saturated heterocycles. The third-order valence-electron chi connectivity index (χ3n) is 3.58. The summed E-state index contributed by atoms with van der Waals surface area (Å²) in [6.45, 7) is 0. The summed E-state index contributed by atoms with van der Waals surface area (Å²) in [6.07, 6.45) is 4.20. The van der Waals surface area contributed by atoms with Gasteiger partial charge in [0.2, 0.25) is 5.91 Å². The highest BCUT2D eigenvalue weighted by Gasteiger charge is 2.13. The largest absolute Gasteiger partial charge is 0.507 e. The van der Waals surface area contributed by atoms with Crippen molar-refractivity contribution in [1.82, 2.24) is 16.2 Å². The standard InChI is InChI=1S/C19H15N3O4S/c23-16-11-13-5-2-1-4-12(13)10-15(16)18(25)21-22-19(27)20-17(24)8-7-14-6-3-9-26-14/h1-11,23H,(H,21,25)(H2,20,22,24,27)/b8-7+. The number of furan rings is 1. The van der Waals surface area contributed by atoms with E-state index in [1.165, 1.54) is 24.5 Å². The lowest BCUT2D eigenvalue weighted by Crippen LogP contribution is -2.48. The van der Waals surface area contributed by atoms with Crippen molar-refractivity contribution in [2.45, 2.75) is 0 Å². The Kier molecular flexibility index (Phi) is 5.48. The first-order valence-electron chi connectivity index (χ1n) is 7.87. The van der Waals surface area contributed by atoms with Crippen molar-refractivity contribution in [3.8, 4) is 5.75 Å². The van der Waals surface area contributed by atoms with Crippen LogP contribution in [0.4, 0.5) is 0 Å². The topological polar surface area (TPSA) is 104 Å². The summed E-state index contributed by atoms with van der Waals surface area (Å²) >= 11 is 4.95. The normalized spacial score (nSPS) is 10.7. The maximum atomic E-state index is 12.2. The molecule has 3 rings (SSSR count). The number of hydrogen-bond donors (Lipinski definition) is 4. The van der Waals surface area contributed by atoms with Gasteiger partial charge in [0.25, 0.3) is 5.91 Å². The molecule has 1 aromatic heterocycles. The number of benzene rings is 2. The molecular weight excluding hydrogens is 366 g/mol. The summed E-state index contributed by atoms with van der Waals surface area (Å²) in [4.78, 5) is 24.0. The summed E-state index contributed by atoms with van der Waals surface area (Å²) in [5.41, 5.74) is 4.82. The van der Waals surface area contributed by atoms with E-state index in [0.717, 1.165) is 10.8 Å². The Morgan fingerprint density at radius 1 is 1.04 bits per heavy atom. The van der Waals surface area contributed by atoms with Crippen molar-refractivity contribution in [3.05, 3.63) is 72.2 Å². The van der Waals surface area contributed by atoms with E-state index < -0.39 is 11.8 Å². The zero-order chi connectivity index (χ0) is 19.2. The molecule has 7 nitrogen and oxygen atoms in total. The Hall–Kier alpha value is -3.65. The van der Waals surface area contributed by atoms with Gasteiger partial charge >= 0.3 is 0 Å². The lowest BCUT2D eigenvalue weighted by atomic mass is 10.1. The Morgan fingerprint density at radius 2 is 1.78 bits per heavy atom. The number of fused-ring (bicyclic) bond motifs is 1. The van der Waals surface area contributed by atoms with Crippen molar-refractivity contribution in [3.63, 3.8) is 0 Å². The van der Waals surface area contributed by atoms with Crippen LogP contribution in [-0.4, -0.2) is 22.0 Å². The molecule has 3 aromatic rings. The molecule has 0 atom stereocenters. The molecule has 4 N–H and O–H groups in total. The van der Waals surface area contributed by atoms with E-state index in [9.17, 15) is 14.7 Å². The SMILES string of the molecule is O=C(/C=C/c1ccco1)NC(=S)NNC(=O)c1cc2ccccc2cc1O. The monoisotopic (exact) mass is 381 g/mol. The average molecular weight is 381 g/mol. The van der Waals surface area contributed by atoms with E-state index >= 15 is 0 Å². The summed E-state index contributed by atoms with van der Waals surface area (Å²) in [6, 6.07) is 13.8. The molecule has 0 aliphatic rings. The number of phenolic OH excluding ortho intramolecular Hbond substituents is 1. The molecule has 8 heteroatoms. The minimum Gasteiger partial charge on any atom is -0.507 e. The molecule has 136 valence electrons. The van der Waals surface area contributed by atoms with Crippen LogP contribution in [-0.2, 0) is 4.79 Å². The van der Waals surface area contributed by atoms with Crippen LogP contribution in [0.5, 0.6) is 5.75 Å². The zero-order valence-corrected chi connectivity index (χ0v) is 14.7. The summed E-state index contributed by atoms with van der Waals surface area (Å²) in [5, 5.41) is 13.9. The number of rotatable bonds is 3.